The van der Waals surface area contributed by atoms with E-state index in [-0.39, 0.29) is 30.6 Å². The van der Waals surface area contributed by atoms with Crippen molar-refractivity contribution >= 4 is 5.78 Å². The van der Waals surface area contributed by atoms with Crippen molar-refractivity contribution in [2.45, 2.75) is 63.8 Å². The van der Waals surface area contributed by atoms with Crippen LogP contribution in [0.4, 0.5) is 8.78 Å². The van der Waals surface area contributed by atoms with Crippen LogP contribution in [0.3, 0.4) is 0 Å². The first kappa shape index (κ1) is 18.8. The highest BCUT2D eigenvalue weighted by Crippen LogP contribution is 2.52. The van der Waals surface area contributed by atoms with Gasteiger partial charge < -0.3 is 0 Å². The van der Waals surface area contributed by atoms with Crippen LogP contribution in [0.5, 0.6) is 0 Å². The quantitative estimate of drug-likeness (QED) is 0.619. The van der Waals surface area contributed by atoms with Crippen LogP contribution in [0.25, 0.3) is 11.3 Å². The van der Waals surface area contributed by atoms with Crippen LogP contribution < -0.4 is 0 Å². The lowest BCUT2D eigenvalue weighted by Crippen LogP contribution is -2.34. The van der Waals surface area contributed by atoms with E-state index in [1.807, 2.05) is 13.8 Å². The van der Waals surface area contributed by atoms with Crippen LogP contribution in [0.1, 0.15) is 79.5 Å². The minimum Gasteiger partial charge on any atom is -0.292 e. The third-order valence-electron chi connectivity index (χ3n) is 5.66. The highest BCUT2D eigenvalue weighted by atomic mass is 19.3. The first-order valence-corrected chi connectivity index (χ1v) is 9.83. The van der Waals surface area contributed by atoms with Gasteiger partial charge in [0.25, 0.3) is 0 Å². The van der Waals surface area contributed by atoms with Gasteiger partial charge in [-0.2, -0.15) is 10.4 Å². The number of halogens is 2. The van der Waals surface area contributed by atoms with Gasteiger partial charge in [0.05, 0.1) is 17.3 Å². The maximum absolute atomic E-state index is 13.7. The number of aromatic nitrogens is 2. The molecule has 0 aliphatic heterocycles. The van der Waals surface area contributed by atoms with Gasteiger partial charge in [-0.25, -0.2) is 8.78 Å². The molecule has 2 aliphatic rings. The summed E-state index contributed by atoms with van der Waals surface area (Å²) in [4.78, 5) is 13.1. The van der Waals surface area contributed by atoms with Crippen molar-refractivity contribution in [3.8, 4) is 17.3 Å². The van der Waals surface area contributed by atoms with Gasteiger partial charge >= 0.3 is 0 Å². The standard InChI is InChI=1S/C22H23F2N3O/c1-13(2)27-21(18(28)9-14-3-4-14)19(17-10-22(23,24)11-17)20(26-27)16-7-5-15(12-25)6-8-16/h5-8,13-14,17H,3-4,9-11H2,1-2H3. The second kappa shape index (κ2) is 6.80. The number of hydrogen-bond acceptors (Lipinski definition) is 3. The number of alkyl halides is 2. The lowest BCUT2D eigenvalue weighted by Gasteiger charge is -2.35. The van der Waals surface area contributed by atoms with Crippen LogP contribution in [0, 0.1) is 17.2 Å². The lowest BCUT2D eigenvalue weighted by molar-refractivity contribution is -0.0867. The topological polar surface area (TPSA) is 58.7 Å². The van der Waals surface area contributed by atoms with Crippen molar-refractivity contribution in [1.29, 1.82) is 5.26 Å². The molecule has 0 unspecified atom stereocenters. The molecule has 2 aromatic rings. The third-order valence-corrected chi connectivity index (χ3v) is 5.66. The molecular weight excluding hydrogens is 360 g/mol. The fourth-order valence-corrected chi connectivity index (χ4v) is 3.95. The molecule has 0 radical (unpaired) electrons. The van der Waals surface area contributed by atoms with Crippen molar-refractivity contribution in [2.24, 2.45) is 5.92 Å². The van der Waals surface area contributed by atoms with Gasteiger partial charge in [0.1, 0.15) is 5.69 Å². The minimum atomic E-state index is -2.68. The van der Waals surface area contributed by atoms with Crippen LogP contribution in [0.15, 0.2) is 24.3 Å². The molecule has 2 fully saturated rings. The molecule has 28 heavy (non-hydrogen) atoms. The molecule has 2 aliphatic carbocycles. The van der Waals surface area contributed by atoms with Gasteiger partial charge in [-0.15, -0.1) is 0 Å². The van der Waals surface area contributed by atoms with Crippen LogP contribution in [-0.2, 0) is 0 Å². The zero-order valence-electron chi connectivity index (χ0n) is 16.1. The van der Waals surface area contributed by atoms with Gasteiger partial charge in [0.2, 0.25) is 5.92 Å². The molecule has 0 bridgehead atoms. The summed E-state index contributed by atoms with van der Waals surface area (Å²) in [7, 11) is 0. The van der Waals surface area contributed by atoms with Gasteiger partial charge in [0.15, 0.2) is 5.78 Å². The van der Waals surface area contributed by atoms with Crippen molar-refractivity contribution in [1.82, 2.24) is 9.78 Å². The molecule has 6 heteroatoms. The molecule has 1 heterocycles. The monoisotopic (exact) mass is 383 g/mol. The zero-order valence-corrected chi connectivity index (χ0v) is 16.1. The number of ketones is 1. The number of rotatable bonds is 6. The molecule has 1 aromatic carbocycles. The Labute approximate surface area is 163 Å². The molecular formula is C22H23F2N3O. The largest absolute Gasteiger partial charge is 0.292 e. The molecule has 0 spiro atoms. The van der Waals surface area contributed by atoms with Gasteiger partial charge in [-0.3, -0.25) is 9.48 Å². The molecule has 4 rings (SSSR count). The molecule has 1 aromatic heterocycles. The number of nitriles is 1. The summed E-state index contributed by atoms with van der Waals surface area (Å²) in [6.07, 6.45) is 2.08. The van der Waals surface area contributed by atoms with E-state index in [1.165, 1.54) is 0 Å². The zero-order chi connectivity index (χ0) is 20.1. The van der Waals surface area contributed by atoms with E-state index in [0.29, 0.717) is 34.9 Å². The number of carbonyl (C=O) groups is 1. The summed E-state index contributed by atoms with van der Waals surface area (Å²) >= 11 is 0. The summed E-state index contributed by atoms with van der Waals surface area (Å²) < 4.78 is 29.1. The summed E-state index contributed by atoms with van der Waals surface area (Å²) in [5, 5.41) is 13.7. The number of Topliss-reactive ketones (excluding diaryl/α,β-unsaturated/α-hetero) is 1. The van der Waals surface area contributed by atoms with E-state index in [4.69, 9.17) is 10.4 Å². The van der Waals surface area contributed by atoms with Crippen molar-refractivity contribution < 1.29 is 13.6 Å². The van der Waals surface area contributed by atoms with E-state index >= 15 is 0 Å². The summed E-state index contributed by atoms with van der Waals surface area (Å²) in [5.41, 5.74) is 3.03. The Bertz CT molecular complexity index is 941. The van der Waals surface area contributed by atoms with E-state index in [1.54, 1.807) is 28.9 Å². The Morgan fingerprint density at radius 1 is 1.29 bits per heavy atom. The maximum atomic E-state index is 13.7. The van der Waals surface area contributed by atoms with E-state index in [0.717, 1.165) is 18.4 Å². The molecule has 2 saturated carbocycles. The summed E-state index contributed by atoms with van der Waals surface area (Å²) in [6, 6.07) is 8.96. The number of hydrogen-bond donors (Lipinski definition) is 0. The average molecular weight is 383 g/mol. The van der Waals surface area contributed by atoms with Crippen molar-refractivity contribution in [3.05, 3.63) is 41.1 Å². The lowest BCUT2D eigenvalue weighted by atomic mass is 9.74. The smallest absolute Gasteiger partial charge is 0.249 e. The predicted molar refractivity (Wildman–Crippen MR) is 101 cm³/mol. The molecule has 0 saturated heterocycles. The summed E-state index contributed by atoms with van der Waals surface area (Å²) in [5.74, 6) is -2.62. The van der Waals surface area contributed by atoms with Gasteiger partial charge in [0, 0.05) is 36.4 Å². The Morgan fingerprint density at radius 2 is 1.93 bits per heavy atom. The van der Waals surface area contributed by atoms with Crippen LogP contribution >= 0.6 is 0 Å². The average Bonchev–Trinajstić information content (AvgIpc) is 3.35. The second-order valence-electron chi connectivity index (χ2n) is 8.37. The Hall–Kier alpha value is -2.55. The number of carbonyl (C=O) groups excluding carboxylic acids is 1. The van der Waals surface area contributed by atoms with Crippen LogP contribution in [0.2, 0.25) is 0 Å². The highest BCUT2D eigenvalue weighted by molar-refractivity contribution is 5.98. The Balaban J connectivity index is 1.83. The molecule has 4 nitrogen and oxygen atoms in total. The second-order valence-corrected chi connectivity index (χ2v) is 8.37. The molecule has 0 amide bonds. The van der Waals surface area contributed by atoms with Crippen LogP contribution in [-0.4, -0.2) is 21.5 Å². The SMILES string of the molecule is CC(C)n1nc(-c2ccc(C#N)cc2)c(C2CC(F)(F)C2)c1C(=O)CC1CC1. The first-order chi connectivity index (χ1) is 13.3. The number of benzene rings is 1. The maximum Gasteiger partial charge on any atom is 0.249 e. The summed E-state index contributed by atoms with van der Waals surface area (Å²) in [6.45, 7) is 3.89. The van der Waals surface area contributed by atoms with Crippen molar-refractivity contribution in [2.75, 3.05) is 0 Å². The number of nitrogens with zero attached hydrogens (tertiary/aromatic N) is 3. The van der Waals surface area contributed by atoms with E-state index in [9.17, 15) is 13.6 Å². The van der Waals surface area contributed by atoms with Crippen molar-refractivity contribution in [3.63, 3.8) is 0 Å². The predicted octanol–water partition coefficient (Wildman–Crippen LogP) is 5.50. The van der Waals surface area contributed by atoms with E-state index < -0.39 is 5.92 Å². The Morgan fingerprint density at radius 3 is 2.43 bits per heavy atom. The molecule has 146 valence electrons. The minimum absolute atomic E-state index is 0.00816. The Kier molecular flexibility index (Phi) is 4.57. The fourth-order valence-electron chi connectivity index (χ4n) is 3.95. The fraction of sp³-hybridized carbons (Fsp3) is 0.500. The normalized spacial score (nSPS) is 18.7. The first-order valence-electron chi connectivity index (χ1n) is 9.83. The van der Waals surface area contributed by atoms with Gasteiger partial charge in [-0.1, -0.05) is 12.1 Å². The molecule has 0 atom stereocenters. The van der Waals surface area contributed by atoms with Gasteiger partial charge in [-0.05, 0) is 50.7 Å². The highest BCUT2D eigenvalue weighted by Gasteiger charge is 2.49. The third kappa shape index (κ3) is 3.46. The van der Waals surface area contributed by atoms with E-state index in [2.05, 4.69) is 6.07 Å². The molecule has 0 N–H and O–H groups in total.